The van der Waals surface area contributed by atoms with Crippen LogP contribution in [0.1, 0.15) is 27.2 Å². The average molecular weight is 216 g/mol. The molecular formula is C13H16N2O. The number of para-hydroxylation sites is 1. The summed E-state index contributed by atoms with van der Waals surface area (Å²) < 4.78 is 0. The fraction of sp³-hybridized carbons (Fsp3) is 0.385. The van der Waals surface area contributed by atoms with Crippen molar-refractivity contribution in [2.24, 2.45) is 10.5 Å². The maximum Gasteiger partial charge on any atom is 0.253 e. The van der Waals surface area contributed by atoms with Gasteiger partial charge in [-0.25, -0.2) is 5.01 Å². The van der Waals surface area contributed by atoms with Crippen LogP contribution in [-0.2, 0) is 4.79 Å². The summed E-state index contributed by atoms with van der Waals surface area (Å²) in [6.07, 6.45) is 0.429. The van der Waals surface area contributed by atoms with E-state index in [0.29, 0.717) is 6.42 Å². The lowest BCUT2D eigenvalue weighted by molar-refractivity contribution is -0.116. The molecule has 1 amide bonds. The van der Waals surface area contributed by atoms with Gasteiger partial charge in [0.25, 0.3) is 5.91 Å². The number of hydrazone groups is 1. The van der Waals surface area contributed by atoms with E-state index >= 15 is 0 Å². The molecule has 0 aromatic heterocycles. The van der Waals surface area contributed by atoms with Gasteiger partial charge in [-0.3, -0.25) is 4.79 Å². The van der Waals surface area contributed by atoms with Crippen LogP contribution in [-0.4, -0.2) is 11.6 Å². The van der Waals surface area contributed by atoms with Gasteiger partial charge in [0, 0.05) is 5.41 Å². The zero-order chi connectivity index (χ0) is 11.8. The highest BCUT2D eigenvalue weighted by atomic mass is 16.2. The first-order valence-electron chi connectivity index (χ1n) is 5.44. The second-order valence-electron chi connectivity index (χ2n) is 5.01. The molecule has 0 fully saturated rings. The molecule has 0 aliphatic carbocycles. The van der Waals surface area contributed by atoms with E-state index in [2.05, 4.69) is 25.9 Å². The molecule has 16 heavy (non-hydrogen) atoms. The Hall–Kier alpha value is -1.64. The standard InChI is InChI=1S/C13H16N2O/c1-13(2,3)11-9-12(16)15(14-11)10-7-5-4-6-8-10/h4-8H,9H2,1-3H3. The molecule has 84 valence electrons. The lowest BCUT2D eigenvalue weighted by Gasteiger charge is -2.16. The van der Waals surface area contributed by atoms with Gasteiger partial charge in [0.2, 0.25) is 0 Å². The number of hydrogen-bond donors (Lipinski definition) is 0. The molecule has 0 bridgehead atoms. The summed E-state index contributed by atoms with van der Waals surface area (Å²) in [5, 5.41) is 5.91. The molecule has 1 aliphatic heterocycles. The molecule has 0 radical (unpaired) electrons. The van der Waals surface area contributed by atoms with E-state index in [1.54, 1.807) is 0 Å². The van der Waals surface area contributed by atoms with Gasteiger partial charge in [-0.1, -0.05) is 39.0 Å². The maximum atomic E-state index is 11.8. The Balaban J connectivity index is 2.31. The van der Waals surface area contributed by atoms with Gasteiger partial charge >= 0.3 is 0 Å². The topological polar surface area (TPSA) is 32.7 Å². The Bertz CT molecular complexity index is 429. The summed E-state index contributed by atoms with van der Waals surface area (Å²) in [4.78, 5) is 11.8. The van der Waals surface area contributed by atoms with Crippen molar-refractivity contribution in [2.45, 2.75) is 27.2 Å². The molecule has 2 rings (SSSR count). The van der Waals surface area contributed by atoms with E-state index in [4.69, 9.17) is 0 Å². The summed E-state index contributed by atoms with van der Waals surface area (Å²) in [6.45, 7) is 6.23. The van der Waals surface area contributed by atoms with Crippen LogP contribution < -0.4 is 5.01 Å². The van der Waals surface area contributed by atoms with Crippen molar-refractivity contribution < 1.29 is 4.79 Å². The first-order chi connectivity index (χ1) is 7.48. The van der Waals surface area contributed by atoms with Crippen LogP contribution in [0, 0.1) is 5.41 Å². The van der Waals surface area contributed by atoms with E-state index < -0.39 is 0 Å². The van der Waals surface area contributed by atoms with Crippen molar-refractivity contribution in [3.05, 3.63) is 30.3 Å². The minimum Gasteiger partial charge on any atom is -0.272 e. The molecule has 0 unspecified atom stereocenters. The number of carbonyl (C=O) groups is 1. The third-order valence-corrected chi connectivity index (χ3v) is 2.64. The van der Waals surface area contributed by atoms with Gasteiger partial charge in [-0.15, -0.1) is 0 Å². The SMILES string of the molecule is CC(C)(C)C1=NN(c2ccccc2)C(=O)C1. The minimum absolute atomic E-state index is 0.0425. The molecule has 0 saturated carbocycles. The number of benzene rings is 1. The van der Waals surface area contributed by atoms with Crippen LogP contribution in [0.2, 0.25) is 0 Å². The Kier molecular flexibility index (Phi) is 2.54. The number of nitrogens with zero attached hydrogens (tertiary/aromatic N) is 2. The van der Waals surface area contributed by atoms with Crippen molar-refractivity contribution in [2.75, 3.05) is 5.01 Å². The summed E-state index contributed by atoms with van der Waals surface area (Å²) in [7, 11) is 0. The van der Waals surface area contributed by atoms with Crippen LogP contribution in [0.5, 0.6) is 0 Å². The lowest BCUT2D eigenvalue weighted by Crippen LogP contribution is -2.20. The van der Waals surface area contributed by atoms with Crippen LogP contribution in [0.4, 0.5) is 5.69 Å². The number of hydrogen-bond acceptors (Lipinski definition) is 2. The fourth-order valence-electron chi connectivity index (χ4n) is 1.62. The lowest BCUT2D eigenvalue weighted by atomic mass is 9.88. The molecule has 1 aromatic carbocycles. The zero-order valence-corrected chi connectivity index (χ0v) is 9.90. The minimum atomic E-state index is -0.0425. The van der Waals surface area contributed by atoms with Gasteiger partial charge in [0.05, 0.1) is 17.8 Å². The Morgan fingerprint density at radius 2 is 1.81 bits per heavy atom. The second kappa shape index (κ2) is 3.74. The quantitative estimate of drug-likeness (QED) is 0.710. The van der Waals surface area contributed by atoms with Crippen LogP contribution in [0.25, 0.3) is 0 Å². The van der Waals surface area contributed by atoms with Crippen LogP contribution in [0.15, 0.2) is 35.4 Å². The normalized spacial score (nSPS) is 16.6. The van der Waals surface area contributed by atoms with Crippen molar-refractivity contribution in [3.8, 4) is 0 Å². The maximum absolute atomic E-state index is 11.8. The van der Waals surface area contributed by atoms with Gasteiger partial charge in [0.1, 0.15) is 0 Å². The number of rotatable bonds is 1. The molecular weight excluding hydrogens is 200 g/mol. The van der Waals surface area contributed by atoms with E-state index in [-0.39, 0.29) is 11.3 Å². The average Bonchev–Trinajstić information content (AvgIpc) is 2.61. The van der Waals surface area contributed by atoms with Gasteiger partial charge in [-0.2, -0.15) is 5.10 Å². The van der Waals surface area contributed by atoms with E-state index in [9.17, 15) is 4.79 Å². The first-order valence-corrected chi connectivity index (χ1v) is 5.44. The summed E-state index contributed by atoms with van der Waals surface area (Å²) >= 11 is 0. The Morgan fingerprint density at radius 1 is 1.19 bits per heavy atom. The molecule has 1 heterocycles. The first kappa shape index (κ1) is 10.9. The van der Waals surface area contributed by atoms with Crippen molar-refractivity contribution in [1.29, 1.82) is 0 Å². The summed E-state index contributed by atoms with van der Waals surface area (Å²) in [5.41, 5.74) is 1.74. The van der Waals surface area contributed by atoms with E-state index in [1.807, 2.05) is 30.3 Å². The number of anilines is 1. The van der Waals surface area contributed by atoms with Crippen LogP contribution in [0.3, 0.4) is 0 Å². The molecule has 0 spiro atoms. The molecule has 1 aliphatic rings. The Labute approximate surface area is 95.8 Å². The van der Waals surface area contributed by atoms with Crippen molar-refractivity contribution in [3.63, 3.8) is 0 Å². The van der Waals surface area contributed by atoms with Crippen LogP contribution >= 0.6 is 0 Å². The molecule has 0 N–H and O–H groups in total. The van der Waals surface area contributed by atoms with E-state index in [0.717, 1.165) is 11.4 Å². The molecule has 0 atom stereocenters. The number of carbonyl (C=O) groups excluding carboxylic acids is 1. The third kappa shape index (κ3) is 1.98. The Morgan fingerprint density at radius 3 is 2.31 bits per heavy atom. The largest absolute Gasteiger partial charge is 0.272 e. The summed E-state index contributed by atoms with van der Waals surface area (Å²) in [5.74, 6) is 0.0520. The number of amides is 1. The summed E-state index contributed by atoms with van der Waals surface area (Å²) in [6, 6.07) is 9.54. The smallest absolute Gasteiger partial charge is 0.253 e. The zero-order valence-electron chi connectivity index (χ0n) is 9.90. The predicted molar refractivity (Wildman–Crippen MR) is 65.4 cm³/mol. The highest BCUT2D eigenvalue weighted by molar-refractivity contribution is 6.14. The highest BCUT2D eigenvalue weighted by Crippen LogP contribution is 2.27. The predicted octanol–water partition coefficient (Wildman–Crippen LogP) is 2.83. The van der Waals surface area contributed by atoms with Gasteiger partial charge in [0.15, 0.2) is 0 Å². The van der Waals surface area contributed by atoms with E-state index in [1.165, 1.54) is 5.01 Å². The molecule has 3 heteroatoms. The van der Waals surface area contributed by atoms with Gasteiger partial charge < -0.3 is 0 Å². The molecule has 1 aromatic rings. The second-order valence-corrected chi connectivity index (χ2v) is 5.01. The third-order valence-electron chi connectivity index (χ3n) is 2.64. The molecule has 3 nitrogen and oxygen atoms in total. The van der Waals surface area contributed by atoms with Crippen molar-refractivity contribution in [1.82, 2.24) is 0 Å². The van der Waals surface area contributed by atoms with Gasteiger partial charge in [-0.05, 0) is 12.1 Å². The van der Waals surface area contributed by atoms with Crippen molar-refractivity contribution >= 4 is 17.3 Å². The fourth-order valence-corrected chi connectivity index (χ4v) is 1.62. The molecule has 0 saturated heterocycles. The highest BCUT2D eigenvalue weighted by Gasteiger charge is 2.31. The monoisotopic (exact) mass is 216 g/mol.